The van der Waals surface area contributed by atoms with E-state index in [0.717, 1.165) is 34.1 Å². The molecule has 0 bridgehead atoms. The molecule has 0 atom stereocenters. The molecule has 0 fully saturated rings. The van der Waals surface area contributed by atoms with Gasteiger partial charge in [0.1, 0.15) is 16.5 Å². The maximum absolute atomic E-state index is 6.26. The minimum absolute atomic E-state index is 0.646. The molecule has 5 rings (SSSR count). The van der Waals surface area contributed by atoms with Gasteiger partial charge in [-0.3, -0.25) is 0 Å². The van der Waals surface area contributed by atoms with E-state index in [4.69, 9.17) is 19.4 Å². The zero-order valence-corrected chi connectivity index (χ0v) is 17.1. The SMILES string of the molecule is CCOc1ccc(-c2nc3c(c(SC)n2)Cc2c(ccc4ccccc24)O3)cc1. The Morgan fingerprint density at radius 3 is 2.59 bits per heavy atom. The van der Waals surface area contributed by atoms with Gasteiger partial charge in [0.2, 0.25) is 5.88 Å². The van der Waals surface area contributed by atoms with Crippen LogP contribution in [0, 0.1) is 0 Å². The van der Waals surface area contributed by atoms with Crippen LogP contribution in [0.1, 0.15) is 18.1 Å². The van der Waals surface area contributed by atoms with Gasteiger partial charge in [-0.05, 0) is 54.3 Å². The normalized spacial score (nSPS) is 12.2. The van der Waals surface area contributed by atoms with Crippen molar-refractivity contribution < 1.29 is 9.47 Å². The highest BCUT2D eigenvalue weighted by Crippen LogP contribution is 2.42. The maximum atomic E-state index is 6.26. The Bertz CT molecular complexity index is 1210. The van der Waals surface area contributed by atoms with Crippen molar-refractivity contribution in [1.29, 1.82) is 0 Å². The average Bonchev–Trinajstić information content (AvgIpc) is 2.77. The first kappa shape index (κ1) is 18.0. The van der Waals surface area contributed by atoms with Gasteiger partial charge in [0, 0.05) is 17.5 Å². The topological polar surface area (TPSA) is 44.2 Å². The molecule has 2 heterocycles. The molecular formula is C24H20N2O2S. The highest BCUT2D eigenvalue weighted by atomic mass is 32.2. The van der Waals surface area contributed by atoms with E-state index in [0.29, 0.717) is 18.3 Å². The van der Waals surface area contributed by atoms with Crippen molar-refractivity contribution in [3.05, 3.63) is 71.8 Å². The van der Waals surface area contributed by atoms with Gasteiger partial charge < -0.3 is 9.47 Å². The molecule has 3 aromatic carbocycles. The first-order valence-corrected chi connectivity index (χ1v) is 10.9. The number of hydrogen-bond donors (Lipinski definition) is 0. The van der Waals surface area contributed by atoms with Crippen molar-refractivity contribution >= 4 is 22.5 Å². The minimum atomic E-state index is 0.646. The van der Waals surface area contributed by atoms with E-state index in [1.807, 2.05) is 43.5 Å². The molecule has 29 heavy (non-hydrogen) atoms. The van der Waals surface area contributed by atoms with E-state index in [9.17, 15) is 0 Å². The van der Waals surface area contributed by atoms with Crippen molar-refractivity contribution in [3.63, 3.8) is 0 Å². The van der Waals surface area contributed by atoms with Crippen LogP contribution in [0.5, 0.6) is 17.4 Å². The van der Waals surface area contributed by atoms with Gasteiger partial charge in [0.25, 0.3) is 0 Å². The van der Waals surface area contributed by atoms with Gasteiger partial charge in [-0.25, -0.2) is 4.98 Å². The van der Waals surface area contributed by atoms with Crippen LogP contribution in [0.2, 0.25) is 0 Å². The van der Waals surface area contributed by atoms with Crippen molar-refractivity contribution in [2.75, 3.05) is 12.9 Å². The van der Waals surface area contributed by atoms with Gasteiger partial charge in [-0.15, -0.1) is 11.8 Å². The van der Waals surface area contributed by atoms with Gasteiger partial charge in [-0.1, -0.05) is 30.3 Å². The number of aromatic nitrogens is 2. The molecule has 5 heteroatoms. The molecule has 4 nitrogen and oxygen atoms in total. The van der Waals surface area contributed by atoms with E-state index in [2.05, 4.69) is 30.3 Å². The van der Waals surface area contributed by atoms with Crippen LogP contribution in [0.4, 0.5) is 0 Å². The summed E-state index contributed by atoms with van der Waals surface area (Å²) in [7, 11) is 0. The predicted molar refractivity (Wildman–Crippen MR) is 117 cm³/mol. The molecule has 0 aliphatic carbocycles. The zero-order chi connectivity index (χ0) is 19.8. The first-order valence-electron chi connectivity index (χ1n) is 9.63. The highest BCUT2D eigenvalue weighted by molar-refractivity contribution is 7.98. The van der Waals surface area contributed by atoms with E-state index < -0.39 is 0 Å². The predicted octanol–water partition coefficient (Wildman–Crippen LogP) is 6.11. The molecule has 0 amide bonds. The quantitative estimate of drug-likeness (QED) is 0.269. The maximum Gasteiger partial charge on any atom is 0.227 e. The van der Waals surface area contributed by atoms with Crippen molar-refractivity contribution in [2.45, 2.75) is 18.4 Å². The highest BCUT2D eigenvalue weighted by Gasteiger charge is 2.25. The summed E-state index contributed by atoms with van der Waals surface area (Å²) in [6, 6.07) is 20.4. The van der Waals surface area contributed by atoms with Crippen LogP contribution in [-0.4, -0.2) is 22.8 Å². The fourth-order valence-corrected chi connectivity index (χ4v) is 4.30. The van der Waals surface area contributed by atoms with Crippen molar-refractivity contribution in [2.24, 2.45) is 0 Å². The summed E-state index contributed by atoms with van der Waals surface area (Å²) in [5.74, 6) is 3.03. The molecule has 1 aliphatic rings. The molecule has 1 aliphatic heterocycles. The second kappa shape index (κ2) is 7.41. The molecule has 4 aromatic rings. The third-order valence-electron chi connectivity index (χ3n) is 5.11. The van der Waals surface area contributed by atoms with Crippen molar-refractivity contribution in [1.82, 2.24) is 9.97 Å². The van der Waals surface area contributed by atoms with Crippen LogP contribution in [0.15, 0.2) is 65.7 Å². The lowest BCUT2D eigenvalue weighted by molar-refractivity contribution is 0.340. The molecular weight excluding hydrogens is 380 g/mol. The Balaban J connectivity index is 1.58. The fourth-order valence-electron chi connectivity index (χ4n) is 3.72. The lowest BCUT2D eigenvalue weighted by atomic mass is 9.97. The summed E-state index contributed by atoms with van der Waals surface area (Å²) in [5, 5.41) is 3.40. The first-order chi connectivity index (χ1) is 14.3. The molecule has 144 valence electrons. The lowest BCUT2D eigenvalue weighted by Crippen LogP contribution is -2.09. The standard InChI is InChI=1S/C24H20N2O2S/c1-3-27-17-11-8-16(9-12-17)22-25-23-20(24(26-22)29-2)14-19-18-7-5-4-6-15(18)10-13-21(19)28-23/h4-13H,3,14H2,1-2H3. The Morgan fingerprint density at radius 2 is 1.79 bits per heavy atom. The molecule has 0 saturated heterocycles. The van der Waals surface area contributed by atoms with Gasteiger partial charge in [-0.2, -0.15) is 4.98 Å². The zero-order valence-electron chi connectivity index (χ0n) is 16.3. The van der Waals surface area contributed by atoms with Crippen LogP contribution in [0.25, 0.3) is 22.2 Å². The summed E-state index contributed by atoms with van der Waals surface area (Å²) in [6.07, 6.45) is 2.81. The van der Waals surface area contributed by atoms with Gasteiger partial charge in [0.15, 0.2) is 5.82 Å². The number of rotatable bonds is 4. The smallest absolute Gasteiger partial charge is 0.227 e. The molecule has 0 unspecified atom stereocenters. The van der Waals surface area contributed by atoms with E-state index in [-0.39, 0.29) is 0 Å². The van der Waals surface area contributed by atoms with Gasteiger partial charge in [0.05, 0.1) is 12.2 Å². The molecule has 0 saturated carbocycles. The Morgan fingerprint density at radius 1 is 0.966 bits per heavy atom. The molecule has 0 radical (unpaired) electrons. The number of fused-ring (bicyclic) bond motifs is 4. The summed E-state index contributed by atoms with van der Waals surface area (Å²) < 4.78 is 11.8. The number of benzene rings is 3. The summed E-state index contributed by atoms with van der Waals surface area (Å²) in [6.45, 7) is 2.62. The van der Waals surface area contributed by atoms with Crippen LogP contribution < -0.4 is 9.47 Å². The minimum Gasteiger partial charge on any atom is -0.494 e. The van der Waals surface area contributed by atoms with Crippen molar-refractivity contribution in [3.8, 4) is 28.8 Å². The monoisotopic (exact) mass is 400 g/mol. The molecule has 0 N–H and O–H groups in total. The number of ether oxygens (including phenoxy) is 2. The summed E-state index contributed by atoms with van der Waals surface area (Å²) >= 11 is 1.63. The number of hydrogen-bond acceptors (Lipinski definition) is 5. The summed E-state index contributed by atoms with van der Waals surface area (Å²) in [4.78, 5) is 9.59. The fraction of sp³-hybridized carbons (Fsp3) is 0.167. The molecule has 0 spiro atoms. The third kappa shape index (κ3) is 3.21. The van der Waals surface area contributed by atoms with E-state index in [1.54, 1.807) is 11.8 Å². The lowest BCUT2D eigenvalue weighted by Gasteiger charge is -2.22. The number of thioether (sulfide) groups is 1. The van der Waals surface area contributed by atoms with E-state index in [1.165, 1.54) is 16.3 Å². The second-order valence-electron chi connectivity index (χ2n) is 6.84. The van der Waals surface area contributed by atoms with Gasteiger partial charge >= 0.3 is 0 Å². The van der Waals surface area contributed by atoms with Crippen LogP contribution >= 0.6 is 11.8 Å². The van der Waals surface area contributed by atoms with Crippen LogP contribution in [0.3, 0.4) is 0 Å². The number of nitrogens with zero attached hydrogens (tertiary/aromatic N) is 2. The second-order valence-corrected chi connectivity index (χ2v) is 7.63. The Labute approximate surface area is 173 Å². The van der Waals surface area contributed by atoms with Crippen LogP contribution in [-0.2, 0) is 6.42 Å². The third-order valence-corrected chi connectivity index (χ3v) is 5.83. The largest absolute Gasteiger partial charge is 0.494 e. The Kier molecular flexibility index (Phi) is 4.60. The summed E-state index contributed by atoms with van der Waals surface area (Å²) in [5.41, 5.74) is 3.19. The van der Waals surface area contributed by atoms with E-state index >= 15 is 0 Å². The Hall–Kier alpha value is -3.05. The molecule has 1 aromatic heterocycles. The average molecular weight is 401 g/mol.